The van der Waals surface area contributed by atoms with Crippen molar-refractivity contribution in [3.63, 3.8) is 0 Å². The van der Waals surface area contributed by atoms with E-state index < -0.39 is 11.8 Å². The highest BCUT2D eigenvalue weighted by molar-refractivity contribution is 5.89. The lowest BCUT2D eigenvalue weighted by atomic mass is 9.99. The molecule has 110 valence electrons. The fourth-order valence-electron chi connectivity index (χ4n) is 2.33. The van der Waals surface area contributed by atoms with Gasteiger partial charge in [-0.05, 0) is 50.1 Å². The van der Waals surface area contributed by atoms with Crippen LogP contribution in [0.15, 0.2) is 36.4 Å². The van der Waals surface area contributed by atoms with Gasteiger partial charge in [-0.15, -0.1) is 0 Å². The standard InChI is InChI=1S/C17H18FNO2/c1-10-4-5-11(2)14(8-10)12(3)19-13-6-7-16(18)15(9-13)17(20)21/h4-9,12,19H,1-3H3,(H,20,21). The number of aryl methyl sites for hydroxylation is 2. The second-order valence-corrected chi connectivity index (χ2v) is 5.23. The number of carbonyl (C=O) groups is 1. The molecule has 0 aromatic heterocycles. The summed E-state index contributed by atoms with van der Waals surface area (Å²) in [4.78, 5) is 11.0. The number of benzene rings is 2. The van der Waals surface area contributed by atoms with E-state index in [0.29, 0.717) is 5.69 Å². The van der Waals surface area contributed by atoms with Gasteiger partial charge >= 0.3 is 5.97 Å². The highest BCUT2D eigenvalue weighted by Crippen LogP contribution is 2.24. The normalized spacial score (nSPS) is 12.0. The van der Waals surface area contributed by atoms with Gasteiger partial charge in [0.05, 0.1) is 5.56 Å². The third-order valence-corrected chi connectivity index (χ3v) is 3.48. The first kappa shape index (κ1) is 15.0. The van der Waals surface area contributed by atoms with Crippen molar-refractivity contribution in [2.45, 2.75) is 26.8 Å². The molecule has 0 bridgehead atoms. The topological polar surface area (TPSA) is 49.3 Å². The summed E-state index contributed by atoms with van der Waals surface area (Å²) in [6, 6.07) is 10.2. The molecule has 0 fully saturated rings. The van der Waals surface area contributed by atoms with Crippen LogP contribution in [0.4, 0.5) is 10.1 Å². The Bertz CT molecular complexity index is 682. The molecule has 3 nitrogen and oxygen atoms in total. The maximum atomic E-state index is 13.4. The molecule has 1 unspecified atom stereocenters. The molecule has 2 aromatic carbocycles. The number of hydrogen-bond donors (Lipinski definition) is 2. The van der Waals surface area contributed by atoms with Gasteiger partial charge in [0.2, 0.25) is 0 Å². The van der Waals surface area contributed by atoms with Gasteiger partial charge in [0.15, 0.2) is 0 Å². The molecular weight excluding hydrogens is 269 g/mol. The van der Waals surface area contributed by atoms with E-state index in [2.05, 4.69) is 17.4 Å². The molecule has 4 heteroatoms. The van der Waals surface area contributed by atoms with Crippen molar-refractivity contribution in [3.8, 4) is 0 Å². The van der Waals surface area contributed by atoms with Gasteiger partial charge in [-0.25, -0.2) is 9.18 Å². The monoisotopic (exact) mass is 287 g/mol. The van der Waals surface area contributed by atoms with Gasteiger partial charge in [0.25, 0.3) is 0 Å². The van der Waals surface area contributed by atoms with E-state index in [0.717, 1.165) is 16.7 Å². The van der Waals surface area contributed by atoms with Gasteiger partial charge in [-0.1, -0.05) is 23.8 Å². The van der Waals surface area contributed by atoms with Crippen molar-refractivity contribution in [3.05, 3.63) is 64.5 Å². The van der Waals surface area contributed by atoms with Gasteiger partial charge in [0, 0.05) is 11.7 Å². The number of rotatable bonds is 4. The summed E-state index contributed by atoms with van der Waals surface area (Å²) in [5.74, 6) is -2.00. The number of halogens is 1. The summed E-state index contributed by atoms with van der Waals surface area (Å²) < 4.78 is 13.4. The largest absolute Gasteiger partial charge is 0.478 e. The summed E-state index contributed by atoms with van der Waals surface area (Å²) in [6.07, 6.45) is 0. The lowest BCUT2D eigenvalue weighted by Gasteiger charge is -2.19. The van der Waals surface area contributed by atoms with Crippen LogP contribution in [0, 0.1) is 19.7 Å². The predicted octanol–water partition coefficient (Wildman–Crippen LogP) is 4.31. The van der Waals surface area contributed by atoms with E-state index in [9.17, 15) is 9.18 Å². The van der Waals surface area contributed by atoms with Gasteiger partial charge in [0.1, 0.15) is 5.82 Å². The minimum absolute atomic E-state index is 0.00277. The Kier molecular flexibility index (Phi) is 4.26. The van der Waals surface area contributed by atoms with Gasteiger partial charge in [-0.2, -0.15) is 0 Å². The van der Waals surface area contributed by atoms with Crippen LogP contribution in [-0.4, -0.2) is 11.1 Å². The molecule has 0 aliphatic carbocycles. The van der Waals surface area contributed by atoms with Crippen LogP contribution in [0.1, 0.15) is 40.0 Å². The molecule has 2 rings (SSSR count). The SMILES string of the molecule is Cc1ccc(C)c(C(C)Nc2ccc(F)c(C(=O)O)c2)c1. The van der Waals surface area contributed by atoms with Crippen LogP contribution in [0.2, 0.25) is 0 Å². The number of anilines is 1. The first-order valence-corrected chi connectivity index (χ1v) is 6.75. The van der Waals surface area contributed by atoms with Crippen molar-refractivity contribution in [1.82, 2.24) is 0 Å². The van der Waals surface area contributed by atoms with Crippen molar-refractivity contribution in [1.29, 1.82) is 0 Å². The van der Waals surface area contributed by atoms with Crippen molar-refractivity contribution in [2.24, 2.45) is 0 Å². The maximum absolute atomic E-state index is 13.4. The lowest BCUT2D eigenvalue weighted by molar-refractivity contribution is 0.0692. The van der Waals surface area contributed by atoms with E-state index in [1.54, 1.807) is 6.07 Å². The quantitative estimate of drug-likeness (QED) is 0.880. The molecule has 0 saturated heterocycles. The zero-order chi connectivity index (χ0) is 15.6. The Hall–Kier alpha value is -2.36. The molecule has 0 heterocycles. The van der Waals surface area contributed by atoms with Crippen LogP contribution < -0.4 is 5.32 Å². The molecule has 0 aliphatic rings. The summed E-state index contributed by atoms with van der Waals surface area (Å²) in [5, 5.41) is 12.2. The van der Waals surface area contributed by atoms with Gasteiger partial charge in [-0.3, -0.25) is 0 Å². The first-order valence-electron chi connectivity index (χ1n) is 6.75. The molecule has 21 heavy (non-hydrogen) atoms. The van der Waals surface area contributed by atoms with Crippen LogP contribution in [0.3, 0.4) is 0 Å². The van der Waals surface area contributed by atoms with E-state index >= 15 is 0 Å². The Morgan fingerprint density at radius 1 is 1.19 bits per heavy atom. The van der Waals surface area contributed by atoms with Crippen LogP contribution in [0.5, 0.6) is 0 Å². The molecule has 0 amide bonds. The lowest BCUT2D eigenvalue weighted by Crippen LogP contribution is -2.10. The van der Waals surface area contributed by atoms with Crippen LogP contribution >= 0.6 is 0 Å². The van der Waals surface area contributed by atoms with Crippen LogP contribution in [-0.2, 0) is 0 Å². The number of carboxylic acids is 1. The Balaban J connectivity index is 2.27. The van der Waals surface area contributed by atoms with E-state index in [4.69, 9.17) is 5.11 Å². The maximum Gasteiger partial charge on any atom is 0.338 e. The van der Waals surface area contributed by atoms with E-state index in [1.807, 2.05) is 26.8 Å². The molecule has 0 saturated carbocycles. The molecule has 0 aliphatic heterocycles. The summed E-state index contributed by atoms with van der Waals surface area (Å²) in [6.45, 7) is 6.04. The van der Waals surface area contributed by atoms with Gasteiger partial charge < -0.3 is 10.4 Å². The van der Waals surface area contributed by atoms with Crippen molar-refractivity contribution in [2.75, 3.05) is 5.32 Å². The molecule has 1 atom stereocenters. The zero-order valence-electron chi connectivity index (χ0n) is 12.3. The Labute approximate surface area is 123 Å². The smallest absolute Gasteiger partial charge is 0.338 e. The molecule has 0 radical (unpaired) electrons. The number of carboxylic acid groups (broad SMARTS) is 1. The highest BCUT2D eigenvalue weighted by atomic mass is 19.1. The van der Waals surface area contributed by atoms with E-state index in [1.165, 1.54) is 12.1 Å². The second-order valence-electron chi connectivity index (χ2n) is 5.23. The second kappa shape index (κ2) is 5.95. The summed E-state index contributed by atoms with van der Waals surface area (Å²) in [7, 11) is 0. The average molecular weight is 287 g/mol. The van der Waals surface area contributed by atoms with Crippen molar-refractivity contribution < 1.29 is 14.3 Å². The average Bonchev–Trinajstić information content (AvgIpc) is 2.43. The number of nitrogens with one attached hydrogen (secondary N) is 1. The summed E-state index contributed by atoms with van der Waals surface area (Å²) >= 11 is 0. The molecule has 0 spiro atoms. The van der Waals surface area contributed by atoms with Crippen LogP contribution in [0.25, 0.3) is 0 Å². The predicted molar refractivity (Wildman–Crippen MR) is 81.3 cm³/mol. The highest BCUT2D eigenvalue weighted by Gasteiger charge is 2.13. The Morgan fingerprint density at radius 2 is 1.90 bits per heavy atom. The molecule has 2 N–H and O–H groups in total. The van der Waals surface area contributed by atoms with E-state index in [-0.39, 0.29) is 11.6 Å². The fourth-order valence-corrected chi connectivity index (χ4v) is 2.33. The first-order chi connectivity index (χ1) is 9.88. The number of hydrogen-bond acceptors (Lipinski definition) is 2. The Morgan fingerprint density at radius 3 is 2.57 bits per heavy atom. The minimum Gasteiger partial charge on any atom is -0.478 e. The third kappa shape index (κ3) is 3.40. The van der Waals surface area contributed by atoms with Crippen molar-refractivity contribution >= 4 is 11.7 Å². The minimum atomic E-state index is -1.27. The molecule has 2 aromatic rings. The fraction of sp³-hybridized carbons (Fsp3) is 0.235. The summed E-state index contributed by atoms with van der Waals surface area (Å²) in [5.41, 5.74) is 3.71. The zero-order valence-corrected chi connectivity index (χ0v) is 12.3. The third-order valence-electron chi connectivity index (χ3n) is 3.48. The molecular formula is C17H18FNO2. The number of aromatic carboxylic acids is 1.